The third kappa shape index (κ3) is 4.17. The minimum absolute atomic E-state index is 0.0323. The number of aliphatic hydroxyl groups excluding tert-OH is 1. The van der Waals surface area contributed by atoms with Gasteiger partial charge in [-0.3, -0.25) is 4.79 Å². The van der Waals surface area contributed by atoms with Gasteiger partial charge in [-0.05, 0) is 36.8 Å². The van der Waals surface area contributed by atoms with Gasteiger partial charge >= 0.3 is 0 Å². The van der Waals surface area contributed by atoms with Gasteiger partial charge in [0.1, 0.15) is 0 Å². The second-order valence-electron chi connectivity index (χ2n) is 6.97. The van der Waals surface area contributed by atoms with Crippen LogP contribution in [-0.2, 0) is 14.9 Å². The Balaban J connectivity index is 1.71. The van der Waals surface area contributed by atoms with Crippen molar-refractivity contribution in [2.45, 2.75) is 44.1 Å². The molecule has 2 N–H and O–H groups in total. The highest BCUT2D eigenvalue weighted by molar-refractivity contribution is 7.10. The highest BCUT2D eigenvalue weighted by Crippen LogP contribution is 2.43. The highest BCUT2D eigenvalue weighted by Gasteiger charge is 2.43. The summed E-state index contributed by atoms with van der Waals surface area (Å²) in [6.45, 7) is 2.68. The fourth-order valence-electron chi connectivity index (χ4n) is 3.72. The van der Waals surface area contributed by atoms with Crippen LogP contribution < -0.4 is 5.32 Å². The van der Waals surface area contributed by atoms with Crippen LogP contribution in [0.15, 0.2) is 41.8 Å². The zero-order valence-corrected chi connectivity index (χ0v) is 16.1. The molecule has 0 saturated heterocycles. The molecule has 1 heterocycles. The number of rotatable bonds is 8. The zero-order chi connectivity index (χ0) is 18.4. The summed E-state index contributed by atoms with van der Waals surface area (Å²) in [5.41, 5.74) is 1.81. The molecule has 0 radical (unpaired) electrons. The van der Waals surface area contributed by atoms with Crippen LogP contribution in [0.2, 0.25) is 0 Å². The Hall–Kier alpha value is -1.69. The quantitative estimate of drug-likeness (QED) is 0.741. The number of ether oxygens (including phenoxy) is 1. The van der Waals surface area contributed by atoms with Crippen LogP contribution in [0.3, 0.4) is 0 Å². The second-order valence-corrected chi connectivity index (χ2v) is 7.92. The van der Waals surface area contributed by atoms with Crippen LogP contribution in [-0.4, -0.2) is 30.8 Å². The number of thiophene rings is 1. The van der Waals surface area contributed by atoms with Crippen LogP contribution in [0, 0.1) is 6.92 Å². The third-order valence-corrected chi connectivity index (χ3v) is 6.27. The smallest absolute Gasteiger partial charge is 0.231 e. The molecule has 2 aromatic rings. The maximum absolute atomic E-state index is 13.1. The predicted octanol–water partition coefficient (Wildman–Crippen LogP) is 3.73. The molecule has 0 unspecified atom stereocenters. The summed E-state index contributed by atoms with van der Waals surface area (Å²) >= 11 is 1.67. The van der Waals surface area contributed by atoms with Crippen molar-refractivity contribution < 1.29 is 14.6 Å². The summed E-state index contributed by atoms with van der Waals surface area (Å²) in [7, 11) is 0. The second kappa shape index (κ2) is 8.80. The van der Waals surface area contributed by atoms with Crippen molar-refractivity contribution in [3.63, 3.8) is 0 Å². The standard InChI is InChI=1S/C21H27NO3S/c1-16-6-8-17(9-7-16)18(25-13-12-23)15-22-20(24)21(10-2-3-11-21)19-5-4-14-26-19/h4-9,14,18,23H,2-3,10-13,15H2,1H3,(H,22,24)/t18-/m0/s1. The fourth-order valence-corrected chi connectivity index (χ4v) is 4.70. The molecule has 5 heteroatoms. The SMILES string of the molecule is Cc1ccc([C@H](CNC(=O)C2(c3cccs3)CCCC2)OCCO)cc1. The molecular formula is C21H27NO3S. The number of amides is 1. The summed E-state index contributed by atoms with van der Waals surface area (Å²) in [5, 5.41) is 14.3. The van der Waals surface area contributed by atoms with Gasteiger partial charge in [0.25, 0.3) is 0 Å². The van der Waals surface area contributed by atoms with Gasteiger partial charge in [-0.1, -0.05) is 48.7 Å². The van der Waals surface area contributed by atoms with Gasteiger partial charge in [0.05, 0.1) is 24.7 Å². The van der Waals surface area contributed by atoms with Crippen molar-refractivity contribution >= 4 is 17.2 Å². The molecule has 0 bridgehead atoms. The first-order chi connectivity index (χ1) is 12.7. The van der Waals surface area contributed by atoms with Crippen molar-refractivity contribution in [1.82, 2.24) is 5.32 Å². The molecule has 1 saturated carbocycles. The summed E-state index contributed by atoms with van der Waals surface area (Å²) in [5.74, 6) is 0.0992. The molecule has 0 aliphatic heterocycles. The van der Waals surface area contributed by atoms with Crippen LogP contribution in [0.4, 0.5) is 0 Å². The lowest BCUT2D eigenvalue weighted by Crippen LogP contribution is -2.43. The molecule has 1 aliphatic carbocycles. The van der Waals surface area contributed by atoms with Crippen LogP contribution in [0.5, 0.6) is 0 Å². The summed E-state index contributed by atoms with van der Waals surface area (Å²) < 4.78 is 5.79. The highest BCUT2D eigenvalue weighted by atomic mass is 32.1. The Bertz CT molecular complexity index is 691. The van der Waals surface area contributed by atoms with Crippen LogP contribution in [0.1, 0.15) is 47.8 Å². The Morgan fingerprint density at radius 3 is 2.62 bits per heavy atom. The van der Waals surface area contributed by atoms with Gasteiger partial charge in [-0.15, -0.1) is 11.3 Å². The van der Waals surface area contributed by atoms with E-state index in [0.717, 1.165) is 36.1 Å². The minimum Gasteiger partial charge on any atom is -0.394 e. The molecule has 1 atom stereocenters. The van der Waals surface area contributed by atoms with Gasteiger partial charge in [0.15, 0.2) is 0 Å². The lowest BCUT2D eigenvalue weighted by Gasteiger charge is -2.28. The van der Waals surface area contributed by atoms with E-state index in [1.165, 1.54) is 5.56 Å². The van der Waals surface area contributed by atoms with Crippen molar-refractivity contribution in [2.75, 3.05) is 19.8 Å². The first-order valence-corrected chi connectivity index (χ1v) is 10.1. The molecule has 4 nitrogen and oxygen atoms in total. The molecule has 0 spiro atoms. The van der Waals surface area contributed by atoms with Gasteiger partial charge in [0.2, 0.25) is 5.91 Å². The van der Waals surface area contributed by atoms with Gasteiger partial charge in [0, 0.05) is 11.4 Å². The largest absolute Gasteiger partial charge is 0.394 e. The van der Waals surface area contributed by atoms with Crippen LogP contribution in [0.25, 0.3) is 0 Å². The van der Waals surface area contributed by atoms with Crippen molar-refractivity contribution in [3.8, 4) is 0 Å². The van der Waals surface area contributed by atoms with Gasteiger partial charge in [-0.2, -0.15) is 0 Å². The fraction of sp³-hybridized carbons (Fsp3) is 0.476. The Labute approximate surface area is 159 Å². The van der Waals surface area contributed by atoms with E-state index in [4.69, 9.17) is 9.84 Å². The van der Waals surface area contributed by atoms with E-state index in [1.54, 1.807) is 11.3 Å². The molecule has 140 valence electrons. The molecule has 1 aliphatic rings. The maximum atomic E-state index is 13.1. The Kier molecular flexibility index (Phi) is 6.46. The lowest BCUT2D eigenvalue weighted by molar-refractivity contribution is -0.127. The lowest BCUT2D eigenvalue weighted by atomic mass is 9.83. The Morgan fingerprint density at radius 1 is 1.27 bits per heavy atom. The first kappa shape index (κ1) is 19.1. The van der Waals surface area contributed by atoms with Gasteiger partial charge in [-0.25, -0.2) is 0 Å². The summed E-state index contributed by atoms with van der Waals surface area (Å²) in [6.07, 6.45) is 3.74. The number of aryl methyl sites for hydroxylation is 1. The number of aliphatic hydroxyl groups is 1. The summed E-state index contributed by atoms with van der Waals surface area (Å²) in [6, 6.07) is 12.2. The first-order valence-electron chi connectivity index (χ1n) is 9.27. The molecule has 1 amide bonds. The zero-order valence-electron chi connectivity index (χ0n) is 15.2. The maximum Gasteiger partial charge on any atom is 0.231 e. The Morgan fingerprint density at radius 2 is 2.00 bits per heavy atom. The van der Waals surface area contributed by atoms with E-state index in [-0.39, 0.29) is 30.6 Å². The van der Waals surface area contributed by atoms with Crippen molar-refractivity contribution in [1.29, 1.82) is 0 Å². The molecule has 1 fully saturated rings. The average Bonchev–Trinajstić information content (AvgIpc) is 3.35. The monoisotopic (exact) mass is 373 g/mol. The van der Waals surface area contributed by atoms with E-state index < -0.39 is 0 Å². The van der Waals surface area contributed by atoms with E-state index in [0.29, 0.717) is 6.54 Å². The third-order valence-electron chi connectivity index (χ3n) is 5.19. The normalized spacial score (nSPS) is 17.2. The van der Waals surface area contributed by atoms with E-state index in [1.807, 2.05) is 42.6 Å². The number of hydrogen-bond acceptors (Lipinski definition) is 4. The number of carbonyl (C=O) groups is 1. The average molecular weight is 374 g/mol. The van der Waals surface area contributed by atoms with E-state index in [2.05, 4.69) is 11.4 Å². The van der Waals surface area contributed by atoms with E-state index in [9.17, 15) is 4.79 Å². The van der Waals surface area contributed by atoms with Crippen molar-refractivity contribution in [2.24, 2.45) is 0 Å². The number of nitrogens with one attached hydrogen (secondary N) is 1. The molecule has 3 rings (SSSR count). The number of carbonyl (C=O) groups excluding carboxylic acids is 1. The molecule has 26 heavy (non-hydrogen) atoms. The number of benzene rings is 1. The molecule has 1 aromatic heterocycles. The number of hydrogen-bond donors (Lipinski definition) is 2. The molecular weight excluding hydrogens is 346 g/mol. The van der Waals surface area contributed by atoms with Crippen molar-refractivity contribution in [3.05, 3.63) is 57.8 Å². The molecule has 1 aromatic carbocycles. The minimum atomic E-state index is -0.386. The predicted molar refractivity (Wildman–Crippen MR) is 104 cm³/mol. The van der Waals surface area contributed by atoms with Gasteiger partial charge < -0.3 is 15.2 Å². The summed E-state index contributed by atoms with van der Waals surface area (Å²) in [4.78, 5) is 14.3. The van der Waals surface area contributed by atoms with Crippen LogP contribution >= 0.6 is 11.3 Å². The topological polar surface area (TPSA) is 58.6 Å². The van der Waals surface area contributed by atoms with E-state index >= 15 is 0 Å².